The molecule has 0 spiro atoms. The lowest BCUT2D eigenvalue weighted by Crippen LogP contribution is -2.52. The summed E-state index contributed by atoms with van der Waals surface area (Å²) in [6.45, 7) is 1.88. The smallest absolute Gasteiger partial charge is 0.239 e. The molecule has 72 valence electrons. The maximum absolute atomic E-state index is 10.9. The molecule has 1 aromatic heterocycles. The Morgan fingerprint density at radius 3 is 2.85 bits per heavy atom. The van der Waals surface area contributed by atoms with Gasteiger partial charge in [0.25, 0.3) is 0 Å². The molecule has 1 rings (SSSR count). The number of nitrogens with zero attached hydrogens (tertiary/aromatic N) is 2. The molecule has 0 fully saturated rings. The van der Waals surface area contributed by atoms with Crippen molar-refractivity contribution >= 4 is 28.5 Å². The van der Waals surface area contributed by atoms with Crippen molar-refractivity contribution in [2.45, 2.75) is 19.0 Å². The summed E-state index contributed by atoms with van der Waals surface area (Å²) in [5.41, 5.74) is 9.73. The van der Waals surface area contributed by atoms with Crippen molar-refractivity contribution in [1.82, 2.24) is 9.78 Å². The minimum atomic E-state index is -1.05. The summed E-state index contributed by atoms with van der Waals surface area (Å²) in [5, 5.41) is 4.00. The molecule has 0 saturated carbocycles. The standard InChI is InChI=1S/C7H11IN4O/c1-7(10,6(9)13)4-12-3-5(8)2-11-12/h2-3H,4,10H2,1H3,(H2,9,13). The Balaban J connectivity index is 2.74. The predicted octanol–water partition coefficient (Wildman–Crippen LogP) is -0.310. The van der Waals surface area contributed by atoms with E-state index in [1.165, 1.54) is 0 Å². The summed E-state index contributed by atoms with van der Waals surface area (Å²) >= 11 is 2.13. The Morgan fingerprint density at radius 2 is 2.46 bits per heavy atom. The van der Waals surface area contributed by atoms with Crippen molar-refractivity contribution < 1.29 is 4.79 Å². The van der Waals surface area contributed by atoms with Crippen LogP contribution in [0.3, 0.4) is 0 Å². The number of aromatic nitrogens is 2. The molecule has 1 amide bonds. The normalized spacial score (nSPS) is 15.3. The number of nitrogens with two attached hydrogens (primary N) is 2. The SMILES string of the molecule is CC(N)(Cn1cc(I)cn1)C(N)=O. The molecule has 0 aliphatic carbocycles. The van der Waals surface area contributed by atoms with Gasteiger partial charge < -0.3 is 11.5 Å². The van der Waals surface area contributed by atoms with Crippen LogP contribution in [0.25, 0.3) is 0 Å². The Kier molecular flexibility index (Phi) is 2.91. The van der Waals surface area contributed by atoms with Gasteiger partial charge in [-0.1, -0.05) is 0 Å². The Labute approximate surface area is 89.6 Å². The molecule has 0 aliphatic heterocycles. The summed E-state index contributed by atoms with van der Waals surface area (Å²) in [6, 6.07) is 0. The summed E-state index contributed by atoms with van der Waals surface area (Å²) in [6.07, 6.45) is 3.49. The Morgan fingerprint density at radius 1 is 1.85 bits per heavy atom. The molecular weight excluding hydrogens is 283 g/mol. The first-order valence-corrected chi connectivity index (χ1v) is 4.76. The number of carbonyl (C=O) groups excluding carboxylic acids is 1. The first-order valence-electron chi connectivity index (χ1n) is 3.68. The van der Waals surface area contributed by atoms with E-state index in [2.05, 4.69) is 27.7 Å². The molecule has 1 heterocycles. The lowest BCUT2D eigenvalue weighted by molar-refractivity contribution is -0.123. The van der Waals surface area contributed by atoms with Gasteiger partial charge in [-0.25, -0.2) is 0 Å². The van der Waals surface area contributed by atoms with E-state index in [4.69, 9.17) is 11.5 Å². The summed E-state index contributed by atoms with van der Waals surface area (Å²) in [5.74, 6) is -0.530. The molecule has 0 aliphatic rings. The van der Waals surface area contributed by atoms with Crippen molar-refractivity contribution in [2.75, 3.05) is 0 Å². The molecular formula is C7H11IN4O. The van der Waals surface area contributed by atoms with Crippen molar-refractivity contribution in [1.29, 1.82) is 0 Å². The second-order valence-electron chi connectivity index (χ2n) is 3.14. The average Bonchev–Trinajstić information content (AvgIpc) is 2.34. The molecule has 4 N–H and O–H groups in total. The number of carbonyl (C=O) groups is 1. The zero-order chi connectivity index (χ0) is 10.1. The van der Waals surface area contributed by atoms with Gasteiger partial charge in [-0.05, 0) is 29.5 Å². The Bertz CT molecular complexity index is 320. The highest BCUT2D eigenvalue weighted by Crippen LogP contribution is 2.06. The third-order valence-electron chi connectivity index (χ3n) is 1.66. The number of hydrogen-bond acceptors (Lipinski definition) is 3. The van der Waals surface area contributed by atoms with Crippen LogP contribution in [0, 0.1) is 3.57 Å². The molecule has 0 bridgehead atoms. The number of rotatable bonds is 3. The van der Waals surface area contributed by atoms with Gasteiger partial charge >= 0.3 is 0 Å². The van der Waals surface area contributed by atoms with Crippen molar-refractivity contribution in [3.05, 3.63) is 16.0 Å². The number of hydrogen-bond donors (Lipinski definition) is 2. The molecule has 1 aromatic rings. The fourth-order valence-corrected chi connectivity index (χ4v) is 1.29. The van der Waals surface area contributed by atoms with Crippen LogP contribution in [-0.2, 0) is 11.3 Å². The molecule has 13 heavy (non-hydrogen) atoms. The molecule has 1 atom stereocenters. The van der Waals surface area contributed by atoms with Gasteiger partial charge in [0.1, 0.15) is 5.54 Å². The third-order valence-corrected chi connectivity index (χ3v) is 2.21. The van der Waals surface area contributed by atoms with Gasteiger partial charge in [0.05, 0.1) is 16.3 Å². The van der Waals surface area contributed by atoms with E-state index in [9.17, 15) is 4.79 Å². The molecule has 6 heteroatoms. The van der Waals surface area contributed by atoms with Gasteiger partial charge in [-0.2, -0.15) is 5.10 Å². The largest absolute Gasteiger partial charge is 0.368 e. The van der Waals surface area contributed by atoms with E-state index in [1.807, 2.05) is 0 Å². The van der Waals surface area contributed by atoms with Gasteiger partial charge in [0.2, 0.25) is 5.91 Å². The zero-order valence-electron chi connectivity index (χ0n) is 7.20. The lowest BCUT2D eigenvalue weighted by Gasteiger charge is -2.19. The van der Waals surface area contributed by atoms with Crippen LogP contribution in [-0.4, -0.2) is 21.2 Å². The quantitative estimate of drug-likeness (QED) is 0.750. The van der Waals surface area contributed by atoms with Crippen molar-refractivity contribution in [3.63, 3.8) is 0 Å². The van der Waals surface area contributed by atoms with Crippen LogP contribution in [0.2, 0.25) is 0 Å². The Hall–Kier alpha value is -0.630. The van der Waals surface area contributed by atoms with Crippen LogP contribution in [0.1, 0.15) is 6.92 Å². The second-order valence-corrected chi connectivity index (χ2v) is 4.38. The lowest BCUT2D eigenvalue weighted by atomic mass is 10.0. The number of amides is 1. The van der Waals surface area contributed by atoms with Gasteiger partial charge in [-0.15, -0.1) is 0 Å². The van der Waals surface area contributed by atoms with Gasteiger partial charge in [0, 0.05) is 6.20 Å². The van der Waals surface area contributed by atoms with Crippen LogP contribution in [0.5, 0.6) is 0 Å². The minimum absolute atomic E-state index is 0.297. The number of primary amides is 1. The molecule has 0 saturated heterocycles. The van der Waals surface area contributed by atoms with Gasteiger partial charge in [0.15, 0.2) is 0 Å². The van der Waals surface area contributed by atoms with Gasteiger partial charge in [-0.3, -0.25) is 9.48 Å². The predicted molar refractivity (Wildman–Crippen MR) is 56.7 cm³/mol. The first kappa shape index (κ1) is 10.5. The summed E-state index contributed by atoms with van der Waals surface area (Å²) in [4.78, 5) is 10.9. The third kappa shape index (κ3) is 2.66. The highest BCUT2D eigenvalue weighted by molar-refractivity contribution is 14.1. The van der Waals surface area contributed by atoms with E-state index in [0.29, 0.717) is 6.54 Å². The highest BCUT2D eigenvalue weighted by atomic mass is 127. The topological polar surface area (TPSA) is 86.9 Å². The monoisotopic (exact) mass is 294 g/mol. The zero-order valence-corrected chi connectivity index (χ0v) is 9.35. The van der Waals surface area contributed by atoms with Crippen LogP contribution < -0.4 is 11.5 Å². The second kappa shape index (κ2) is 3.62. The molecule has 0 radical (unpaired) electrons. The summed E-state index contributed by atoms with van der Waals surface area (Å²) < 4.78 is 2.60. The molecule has 5 nitrogen and oxygen atoms in total. The summed E-state index contributed by atoms with van der Waals surface area (Å²) in [7, 11) is 0. The van der Waals surface area contributed by atoms with Crippen molar-refractivity contribution in [3.8, 4) is 0 Å². The van der Waals surface area contributed by atoms with E-state index in [-0.39, 0.29) is 0 Å². The highest BCUT2D eigenvalue weighted by Gasteiger charge is 2.26. The molecule has 1 unspecified atom stereocenters. The fraction of sp³-hybridized carbons (Fsp3) is 0.429. The maximum Gasteiger partial charge on any atom is 0.239 e. The number of halogens is 1. The van der Waals surface area contributed by atoms with E-state index in [0.717, 1.165) is 3.57 Å². The van der Waals surface area contributed by atoms with E-state index < -0.39 is 11.4 Å². The fourth-order valence-electron chi connectivity index (χ4n) is 0.839. The van der Waals surface area contributed by atoms with E-state index >= 15 is 0 Å². The van der Waals surface area contributed by atoms with Crippen LogP contribution in [0.15, 0.2) is 12.4 Å². The average molecular weight is 294 g/mol. The molecule has 0 aromatic carbocycles. The van der Waals surface area contributed by atoms with E-state index in [1.54, 1.807) is 24.0 Å². The van der Waals surface area contributed by atoms with Crippen LogP contribution in [0.4, 0.5) is 0 Å². The minimum Gasteiger partial charge on any atom is -0.368 e. The van der Waals surface area contributed by atoms with Crippen molar-refractivity contribution in [2.24, 2.45) is 11.5 Å². The van der Waals surface area contributed by atoms with Crippen LogP contribution >= 0.6 is 22.6 Å². The first-order chi connectivity index (χ1) is 5.92. The maximum atomic E-state index is 10.9.